The van der Waals surface area contributed by atoms with Crippen molar-refractivity contribution in [1.82, 2.24) is 4.98 Å². The van der Waals surface area contributed by atoms with Gasteiger partial charge >= 0.3 is 0 Å². The highest BCUT2D eigenvalue weighted by molar-refractivity contribution is 9.11. The van der Waals surface area contributed by atoms with E-state index < -0.39 is 10.0 Å². The van der Waals surface area contributed by atoms with E-state index in [-0.39, 0.29) is 15.6 Å². The Hall–Kier alpha value is -1.03. The number of sulfonamides is 1. The Morgan fingerprint density at radius 1 is 0.929 bits per heavy atom. The highest BCUT2D eigenvalue weighted by Crippen LogP contribution is 2.38. The SMILES string of the molecule is O=S(=O)(Nc1cc(Br)c(Oc2cncc(Cl)c2)cc1Br)c1ccc(Cl)cc1Cl. The molecule has 0 fully saturated rings. The van der Waals surface area contributed by atoms with E-state index in [0.717, 1.165) is 0 Å². The lowest BCUT2D eigenvalue weighted by molar-refractivity contribution is 0.477. The Labute approximate surface area is 193 Å². The normalized spacial score (nSPS) is 11.3. The summed E-state index contributed by atoms with van der Waals surface area (Å²) in [5, 5.41) is 0.783. The molecule has 0 radical (unpaired) electrons. The van der Waals surface area contributed by atoms with Gasteiger partial charge in [-0.05, 0) is 62.2 Å². The molecule has 0 aliphatic carbocycles. The van der Waals surface area contributed by atoms with Gasteiger partial charge in [-0.1, -0.05) is 34.8 Å². The second-order valence-electron chi connectivity index (χ2n) is 5.38. The summed E-state index contributed by atoms with van der Waals surface area (Å²) in [4.78, 5) is 3.86. The summed E-state index contributed by atoms with van der Waals surface area (Å²) >= 11 is 24.5. The zero-order valence-electron chi connectivity index (χ0n) is 13.6. The van der Waals surface area contributed by atoms with Crippen molar-refractivity contribution in [3.63, 3.8) is 0 Å². The van der Waals surface area contributed by atoms with Crippen LogP contribution < -0.4 is 9.46 Å². The average Bonchev–Trinajstić information content (AvgIpc) is 2.58. The maximum absolute atomic E-state index is 12.7. The molecule has 146 valence electrons. The smallest absolute Gasteiger partial charge is 0.263 e. The molecule has 0 aliphatic heterocycles. The Morgan fingerprint density at radius 2 is 1.68 bits per heavy atom. The van der Waals surface area contributed by atoms with E-state index in [1.165, 1.54) is 30.6 Å². The topological polar surface area (TPSA) is 68.3 Å². The third-order valence-corrected chi connectivity index (χ3v) is 6.92. The molecular weight excluding hydrogens is 578 g/mol. The van der Waals surface area contributed by atoms with Gasteiger partial charge in [0.2, 0.25) is 0 Å². The number of anilines is 1. The molecule has 1 aromatic heterocycles. The molecular formula is C17H9Br2Cl3N2O3S. The molecule has 1 heterocycles. The van der Waals surface area contributed by atoms with E-state index in [2.05, 4.69) is 41.6 Å². The molecule has 0 saturated heterocycles. The predicted molar refractivity (Wildman–Crippen MR) is 118 cm³/mol. The molecule has 0 atom stereocenters. The van der Waals surface area contributed by atoms with Gasteiger partial charge in [-0.15, -0.1) is 0 Å². The highest BCUT2D eigenvalue weighted by atomic mass is 79.9. The Balaban J connectivity index is 1.90. The summed E-state index contributed by atoms with van der Waals surface area (Å²) in [6, 6.07) is 8.90. The van der Waals surface area contributed by atoms with Gasteiger partial charge in [-0.2, -0.15) is 0 Å². The van der Waals surface area contributed by atoms with Crippen molar-refractivity contribution in [2.75, 3.05) is 4.72 Å². The number of pyridine rings is 1. The minimum absolute atomic E-state index is 0.0172. The lowest BCUT2D eigenvalue weighted by atomic mass is 10.3. The average molecular weight is 588 g/mol. The van der Waals surface area contributed by atoms with Gasteiger partial charge in [-0.25, -0.2) is 8.42 Å². The van der Waals surface area contributed by atoms with Crippen molar-refractivity contribution < 1.29 is 13.2 Å². The van der Waals surface area contributed by atoms with Gasteiger partial charge in [0.05, 0.1) is 26.4 Å². The largest absolute Gasteiger partial charge is 0.454 e. The van der Waals surface area contributed by atoms with Crippen LogP contribution in [0, 0.1) is 0 Å². The standard InChI is InChI=1S/C17H9Br2Cl3N2O3S/c18-12-6-16(27-11-3-10(21)7-23-8-11)13(19)5-15(12)24-28(25,26)17-2-1-9(20)4-14(17)22/h1-8,24H. The second kappa shape index (κ2) is 8.77. The maximum Gasteiger partial charge on any atom is 0.263 e. The summed E-state index contributed by atoms with van der Waals surface area (Å²) in [6.45, 7) is 0. The number of aromatic nitrogens is 1. The monoisotopic (exact) mass is 584 g/mol. The number of halogens is 5. The molecule has 2 aromatic carbocycles. The molecule has 0 unspecified atom stereocenters. The van der Waals surface area contributed by atoms with Crippen LogP contribution >= 0.6 is 66.7 Å². The van der Waals surface area contributed by atoms with E-state index in [1.807, 2.05) is 0 Å². The van der Waals surface area contributed by atoms with E-state index in [9.17, 15) is 8.42 Å². The van der Waals surface area contributed by atoms with Crippen LogP contribution in [-0.4, -0.2) is 13.4 Å². The van der Waals surface area contributed by atoms with E-state index in [0.29, 0.717) is 30.5 Å². The fourth-order valence-electron chi connectivity index (χ4n) is 2.15. The van der Waals surface area contributed by atoms with Crippen molar-refractivity contribution >= 4 is 82.4 Å². The third kappa shape index (κ3) is 5.11. The molecule has 0 saturated carbocycles. The third-order valence-electron chi connectivity index (χ3n) is 3.36. The van der Waals surface area contributed by atoms with Crippen molar-refractivity contribution in [3.05, 3.63) is 72.8 Å². The molecule has 0 spiro atoms. The van der Waals surface area contributed by atoms with E-state index in [4.69, 9.17) is 39.5 Å². The molecule has 0 amide bonds. The van der Waals surface area contributed by atoms with E-state index in [1.54, 1.807) is 18.2 Å². The van der Waals surface area contributed by atoms with Gasteiger partial charge in [-0.3, -0.25) is 9.71 Å². The van der Waals surface area contributed by atoms with Crippen molar-refractivity contribution in [1.29, 1.82) is 0 Å². The number of benzene rings is 2. The maximum atomic E-state index is 12.7. The molecule has 0 aliphatic rings. The first-order valence-corrected chi connectivity index (χ1v) is 11.6. The zero-order valence-corrected chi connectivity index (χ0v) is 19.8. The van der Waals surface area contributed by atoms with E-state index >= 15 is 0 Å². The van der Waals surface area contributed by atoms with Crippen LogP contribution in [0.25, 0.3) is 0 Å². The van der Waals surface area contributed by atoms with Gasteiger partial charge in [0, 0.05) is 21.8 Å². The number of ether oxygens (including phenoxy) is 1. The summed E-state index contributed by atoms with van der Waals surface area (Å²) in [6.07, 6.45) is 2.99. The van der Waals surface area contributed by atoms with Gasteiger partial charge < -0.3 is 4.74 Å². The van der Waals surface area contributed by atoms with Crippen LogP contribution in [0.1, 0.15) is 0 Å². The first-order valence-electron chi connectivity index (χ1n) is 7.41. The van der Waals surface area contributed by atoms with Crippen LogP contribution in [0.5, 0.6) is 11.5 Å². The summed E-state index contributed by atoms with van der Waals surface area (Å²) < 4.78 is 34.5. The van der Waals surface area contributed by atoms with Crippen molar-refractivity contribution in [3.8, 4) is 11.5 Å². The number of nitrogens with zero attached hydrogens (tertiary/aromatic N) is 1. The van der Waals surface area contributed by atoms with Gasteiger partial charge in [0.15, 0.2) is 0 Å². The lowest BCUT2D eigenvalue weighted by Crippen LogP contribution is -2.14. The number of nitrogens with one attached hydrogen (secondary N) is 1. The lowest BCUT2D eigenvalue weighted by Gasteiger charge is -2.14. The molecule has 5 nitrogen and oxygen atoms in total. The zero-order chi connectivity index (χ0) is 20.5. The fourth-order valence-corrected chi connectivity index (χ4v) is 5.14. The summed E-state index contributed by atoms with van der Waals surface area (Å²) in [5.74, 6) is 0.866. The van der Waals surface area contributed by atoms with Crippen molar-refractivity contribution in [2.45, 2.75) is 4.90 Å². The molecule has 3 aromatic rings. The molecule has 11 heteroatoms. The Bertz CT molecular complexity index is 1160. The summed E-state index contributed by atoms with van der Waals surface area (Å²) in [7, 11) is -3.94. The van der Waals surface area contributed by atoms with Crippen LogP contribution in [0.3, 0.4) is 0 Å². The van der Waals surface area contributed by atoms with Crippen LogP contribution in [0.2, 0.25) is 15.1 Å². The first kappa shape index (κ1) is 21.7. The molecule has 28 heavy (non-hydrogen) atoms. The first-order chi connectivity index (χ1) is 13.2. The molecule has 3 rings (SSSR count). The number of rotatable bonds is 5. The Morgan fingerprint density at radius 3 is 2.36 bits per heavy atom. The van der Waals surface area contributed by atoms with Crippen LogP contribution in [-0.2, 0) is 10.0 Å². The number of hydrogen-bond acceptors (Lipinski definition) is 4. The fraction of sp³-hybridized carbons (Fsp3) is 0. The predicted octanol–water partition coefficient (Wildman–Crippen LogP) is 7.16. The van der Waals surface area contributed by atoms with Crippen LogP contribution in [0.15, 0.2) is 62.6 Å². The molecule has 0 bridgehead atoms. The summed E-state index contributed by atoms with van der Waals surface area (Å²) in [5.41, 5.74) is 0.287. The number of hydrogen-bond donors (Lipinski definition) is 1. The van der Waals surface area contributed by atoms with Crippen molar-refractivity contribution in [2.24, 2.45) is 0 Å². The van der Waals surface area contributed by atoms with Gasteiger partial charge in [0.1, 0.15) is 16.4 Å². The van der Waals surface area contributed by atoms with Crippen LogP contribution in [0.4, 0.5) is 5.69 Å². The Kier molecular flexibility index (Phi) is 6.79. The second-order valence-corrected chi connectivity index (χ2v) is 10.0. The minimum Gasteiger partial charge on any atom is -0.454 e. The highest BCUT2D eigenvalue weighted by Gasteiger charge is 2.20. The molecule has 1 N–H and O–H groups in total. The van der Waals surface area contributed by atoms with Gasteiger partial charge in [0.25, 0.3) is 10.0 Å². The minimum atomic E-state index is -3.94. The quantitative estimate of drug-likeness (QED) is 0.344.